The SMILES string of the molecule is O=C(Nc1ccc(S(=O)(=O)N[C@H](Cc2c[nH]c3ccccc23)C(=O)O)cc1)c1ccc(I)cc1. The molecule has 174 valence electrons. The summed E-state index contributed by atoms with van der Waals surface area (Å²) in [6, 6.07) is 18.6. The number of H-pyrrole nitrogens is 1. The highest BCUT2D eigenvalue weighted by Gasteiger charge is 2.26. The zero-order chi connectivity index (χ0) is 24.3. The van der Waals surface area contributed by atoms with E-state index in [0.717, 1.165) is 14.5 Å². The normalized spacial score (nSPS) is 12.4. The van der Waals surface area contributed by atoms with Crippen LogP contribution in [0, 0.1) is 3.57 Å². The van der Waals surface area contributed by atoms with E-state index in [2.05, 4.69) is 37.6 Å². The number of benzene rings is 3. The molecular formula is C24H20IN3O5S. The molecule has 4 aromatic rings. The maximum atomic E-state index is 12.9. The molecule has 1 atom stereocenters. The van der Waals surface area contributed by atoms with Crippen LogP contribution in [0.3, 0.4) is 0 Å². The Kier molecular flexibility index (Phi) is 7.00. The molecule has 0 bridgehead atoms. The molecule has 0 unspecified atom stereocenters. The van der Waals surface area contributed by atoms with E-state index in [1.165, 1.54) is 24.3 Å². The van der Waals surface area contributed by atoms with Crippen LogP contribution in [-0.4, -0.2) is 36.4 Å². The van der Waals surface area contributed by atoms with E-state index in [4.69, 9.17) is 0 Å². The first-order valence-corrected chi connectivity index (χ1v) is 12.8. The number of sulfonamides is 1. The average molecular weight is 589 g/mol. The molecule has 0 fully saturated rings. The van der Waals surface area contributed by atoms with Gasteiger partial charge in [-0.15, -0.1) is 0 Å². The molecule has 0 aliphatic rings. The number of aromatic nitrogens is 1. The number of amides is 1. The van der Waals surface area contributed by atoms with Gasteiger partial charge >= 0.3 is 5.97 Å². The van der Waals surface area contributed by atoms with Crippen LogP contribution >= 0.6 is 22.6 Å². The summed E-state index contributed by atoms with van der Waals surface area (Å²) < 4.78 is 29.0. The summed E-state index contributed by atoms with van der Waals surface area (Å²) >= 11 is 2.14. The van der Waals surface area contributed by atoms with E-state index in [1.807, 2.05) is 36.4 Å². The minimum Gasteiger partial charge on any atom is -0.480 e. The van der Waals surface area contributed by atoms with Crippen LogP contribution in [0.1, 0.15) is 15.9 Å². The number of para-hydroxylation sites is 1. The van der Waals surface area contributed by atoms with Gasteiger partial charge in [0, 0.05) is 38.3 Å². The number of carbonyl (C=O) groups is 2. The third-order valence-electron chi connectivity index (χ3n) is 5.22. The van der Waals surface area contributed by atoms with Crippen molar-refractivity contribution in [2.45, 2.75) is 17.4 Å². The number of carboxylic acid groups (broad SMARTS) is 1. The van der Waals surface area contributed by atoms with Gasteiger partial charge in [0.2, 0.25) is 10.0 Å². The van der Waals surface area contributed by atoms with Crippen LogP contribution in [0.4, 0.5) is 5.69 Å². The summed E-state index contributed by atoms with van der Waals surface area (Å²) in [5, 5.41) is 13.2. The van der Waals surface area contributed by atoms with Crippen molar-refractivity contribution >= 4 is 61.1 Å². The maximum absolute atomic E-state index is 12.9. The van der Waals surface area contributed by atoms with Crippen molar-refractivity contribution in [3.8, 4) is 0 Å². The lowest BCUT2D eigenvalue weighted by Crippen LogP contribution is -2.42. The Morgan fingerprint density at radius 3 is 2.32 bits per heavy atom. The Morgan fingerprint density at radius 1 is 0.971 bits per heavy atom. The maximum Gasteiger partial charge on any atom is 0.322 e. The molecule has 0 saturated heterocycles. The molecule has 0 radical (unpaired) electrons. The minimum absolute atomic E-state index is 0.0251. The molecule has 1 aromatic heterocycles. The quantitative estimate of drug-likeness (QED) is 0.231. The first-order valence-electron chi connectivity index (χ1n) is 10.2. The third-order valence-corrected chi connectivity index (χ3v) is 7.43. The summed E-state index contributed by atoms with van der Waals surface area (Å²) in [4.78, 5) is 27.1. The lowest BCUT2D eigenvalue weighted by Gasteiger charge is -2.15. The standard InChI is InChI=1S/C24H20IN3O5S/c25-17-7-5-15(6-8-17)23(29)27-18-9-11-19(12-10-18)34(32,33)28-22(24(30)31)13-16-14-26-21-4-2-1-3-20(16)21/h1-12,14,22,26,28H,13H2,(H,27,29)(H,30,31)/t22-/m1/s1. The van der Waals surface area contributed by atoms with Gasteiger partial charge in [0.1, 0.15) is 6.04 Å². The molecule has 3 aromatic carbocycles. The second kappa shape index (κ2) is 9.95. The van der Waals surface area contributed by atoms with E-state index < -0.39 is 22.0 Å². The molecule has 0 aliphatic carbocycles. The van der Waals surface area contributed by atoms with E-state index in [0.29, 0.717) is 16.8 Å². The second-order valence-corrected chi connectivity index (χ2v) is 10.5. The van der Waals surface area contributed by atoms with Crippen LogP contribution in [0.15, 0.2) is 83.9 Å². The summed E-state index contributed by atoms with van der Waals surface area (Å²) in [5.74, 6) is -1.61. The van der Waals surface area contributed by atoms with Crippen molar-refractivity contribution in [2.24, 2.45) is 0 Å². The number of carbonyl (C=O) groups excluding carboxylic acids is 1. The topological polar surface area (TPSA) is 128 Å². The smallest absolute Gasteiger partial charge is 0.322 e. The highest BCUT2D eigenvalue weighted by atomic mass is 127. The van der Waals surface area contributed by atoms with Crippen LogP contribution in [-0.2, 0) is 21.2 Å². The molecule has 0 spiro atoms. The number of hydrogen-bond donors (Lipinski definition) is 4. The monoisotopic (exact) mass is 589 g/mol. The Bertz CT molecular complexity index is 1450. The Balaban J connectivity index is 1.47. The molecule has 34 heavy (non-hydrogen) atoms. The molecule has 4 rings (SSSR count). The van der Waals surface area contributed by atoms with Crippen molar-refractivity contribution in [1.29, 1.82) is 0 Å². The Morgan fingerprint density at radius 2 is 1.65 bits per heavy atom. The van der Waals surface area contributed by atoms with Crippen LogP contribution in [0.5, 0.6) is 0 Å². The van der Waals surface area contributed by atoms with Crippen molar-refractivity contribution in [2.75, 3.05) is 5.32 Å². The van der Waals surface area contributed by atoms with E-state index >= 15 is 0 Å². The summed E-state index contributed by atoms with van der Waals surface area (Å²) in [7, 11) is -4.12. The van der Waals surface area contributed by atoms with Crippen LogP contribution in [0.25, 0.3) is 10.9 Å². The highest BCUT2D eigenvalue weighted by molar-refractivity contribution is 14.1. The minimum atomic E-state index is -4.12. The Labute approximate surface area is 209 Å². The first kappa shape index (κ1) is 23.9. The van der Waals surface area contributed by atoms with Crippen molar-refractivity contribution in [3.05, 3.63) is 93.7 Å². The summed E-state index contributed by atoms with van der Waals surface area (Å²) in [5.41, 5.74) is 2.42. The van der Waals surface area contributed by atoms with Crippen LogP contribution < -0.4 is 10.0 Å². The zero-order valence-electron chi connectivity index (χ0n) is 17.7. The summed E-state index contributed by atoms with van der Waals surface area (Å²) in [6.45, 7) is 0. The van der Waals surface area contributed by atoms with E-state index in [9.17, 15) is 23.1 Å². The fraction of sp³-hybridized carbons (Fsp3) is 0.0833. The first-order chi connectivity index (χ1) is 16.2. The fourth-order valence-electron chi connectivity index (χ4n) is 3.48. The predicted molar refractivity (Wildman–Crippen MR) is 137 cm³/mol. The van der Waals surface area contributed by atoms with Gasteiger partial charge in [-0.3, -0.25) is 9.59 Å². The molecule has 0 aliphatic heterocycles. The molecule has 10 heteroatoms. The van der Waals surface area contributed by atoms with Crippen molar-refractivity contribution in [3.63, 3.8) is 0 Å². The second-order valence-electron chi connectivity index (χ2n) is 7.56. The largest absolute Gasteiger partial charge is 0.480 e. The molecule has 1 heterocycles. The third kappa shape index (κ3) is 5.46. The zero-order valence-corrected chi connectivity index (χ0v) is 20.6. The van der Waals surface area contributed by atoms with Gasteiger partial charge in [-0.25, -0.2) is 8.42 Å². The van der Waals surface area contributed by atoms with Crippen molar-refractivity contribution < 1.29 is 23.1 Å². The van der Waals surface area contributed by atoms with Crippen molar-refractivity contribution in [1.82, 2.24) is 9.71 Å². The van der Waals surface area contributed by atoms with Gasteiger partial charge in [0.25, 0.3) is 5.91 Å². The number of halogens is 1. The van der Waals surface area contributed by atoms with Gasteiger partial charge in [-0.1, -0.05) is 18.2 Å². The lowest BCUT2D eigenvalue weighted by atomic mass is 10.1. The molecular weight excluding hydrogens is 569 g/mol. The number of nitrogens with one attached hydrogen (secondary N) is 3. The van der Waals surface area contributed by atoms with Gasteiger partial charge < -0.3 is 15.4 Å². The summed E-state index contributed by atoms with van der Waals surface area (Å²) in [6.07, 6.45) is 1.66. The van der Waals surface area contributed by atoms with Crippen LogP contribution in [0.2, 0.25) is 0 Å². The average Bonchev–Trinajstić information content (AvgIpc) is 3.22. The van der Waals surface area contributed by atoms with Gasteiger partial charge in [-0.2, -0.15) is 4.72 Å². The molecule has 1 amide bonds. The van der Waals surface area contributed by atoms with Gasteiger partial charge in [0.15, 0.2) is 0 Å². The lowest BCUT2D eigenvalue weighted by molar-refractivity contribution is -0.138. The number of fused-ring (bicyclic) bond motifs is 1. The Hall–Kier alpha value is -3.22. The number of hydrogen-bond acceptors (Lipinski definition) is 4. The number of rotatable bonds is 8. The fourth-order valence-corrected chi connectivity index (χ4v) is 5.03. The van der Waals surface area contributed by atoms with E-state index in [1.54, 1.807) is 18.3 Å². The number of carboxylic acids is 1. The number of aliphatic carboxylic acids is 1. The number of aromatic amines is 1. The molecule has 0 saturated carbocycles. The predicted octanol–water partition coefficient (Wildman–Crippen LogP) is 4.00. The van der Waals surface area contributed by atoms with E-state index in [-0.39, 0.29) is 17.2 Å². The molecule has 4 N–H and O–H groups in total. The number of anilines is 1. The van der Waals surface area contributed by atoms with Gasteiger partial charge in [-0.05, 0) is 82.8 Å². The highest BCUT2D eigenvalue weighted by Crippen LogP contribution is 2.21. The molecule has 8 nitrogen and oxygen atoms in total. The van der Waals surface area contributed by atoms with Gasteiger partial charge in [0.05, 0.1) is 4.90 Å².